The minimum atomic E-state index is 0.154. The zero-order chi connectivity index (χ0) is 16.5. The van der Waals surface area contributed by atoms with E-state index in [1.54, 1.807) is 0 Å². The lowest BCUT2D eigenvalue weighted by Gasteiger charge is -2.16. The molecule has 1 aromatic carbocycles. The Hall–Kier alpha value is -1.71. The molecule has 0 heterocycles. The Morgan fingerprint density at radius 2 is 2.00 bits per heavy atom. The van der Waals surface area contributed by atoms with Gasteiger partial charge in [0.25, 0.3) is 0 Å². The van der Waals surface area contributed by atoms with E-state index >= 15 is 0 Å². The van der Waals surface area contributed by atoms with Gasteiger partial charge in [0.1, 0.15) is 5.75 Å². The predicted molar refractivity (Wildman–Crippen MR) is 94.6 cm³/mol. The van der Waals surface area contributed by atoms with Crippen molar-refractivity contribution in [3.8, 4) is 5.75 Å². The molecule has 0 aromatic heterocycles. The van der Waals surface area contributed by atoms with E-state index in [1.807, 2.05) is 18.2 Å². The number of carbonyl (C=O) groups is 1. The van der Waals surface area contributed by atoms with E-state index in [1.165, 1.54) is 25.7 Å². The van der Waals surface area contributed by atoms with E-state index < -0.39 is 0 Å². The number of carbonyl (C=O) groups excluding carboxylic acids is 1. The first-order valence-electron chi connectivity index (χ1n) is 8.99. The Morgan fingerprint density at radius 3 is 2.65 bits per heavy atom. The number of nitrogens with one attached hydrogen (secondary N) is 1. The van der Waals surface area contributed by atoms with Crippen molar-refractivity contribution in [1.82, 2.24) is 5.32 Å². The highest BCUT2D eigenvalue weighted by molar-refractivity contribution is 5.76. The molecule has 0 spiro atoms. The van der Waals surface area contributed by atoms with Crippen molar-refractivity contribution in [3.05, 3.63) is 23.8 Å². The zero-order valence-corrected chi connectivity index (χ0v) is 14.3. The van der Waals surface area contributed by atoms with E-state index in [4.69, 9.17) is 10.5 Å². The molecule has 1 aromatic rings. The average Bonchev–Trinajstić information content (AvgIpc) is 2.80. The summed E-state index contributed by atoms with van der Waals surface area (Å²) in [5.41, 5.74) is 7.75. The molecule has 1 aliphatic carbocycles. The van der Waals surface area contributed by atoms with Crippen LogP contribution in [0.1, 0.15) is 63.9 Å². The van der Waals surface area contributed by atoms with Crippen LogP contribution in [0.5, 0.6) is 5.75 Å². The average molecular weight is 318 g/mol. The van der Waals surface area contributed by atoms with Gasteiger partial charge in [-0.3, -0.25) is 4.79 Å². The van der Waals surface area contributed by atoms with E-state index in [9.17, 15) is 4.79 Å². The van der Waals surface area contributed by atoms with Crippen LogP contribution in [-0.4, -0.2) is 18.6 Å². The minimum Gasteiger partial charge on any atom is -0.491 e. The summed E-state index contributed by atoms with van der Waals surface area (Å²) < 4.78 is 5.57. The van der Waals surface area contributed by atoms with Gasteiger partial charge in [0.05, 0.1) is 12.3 Å². The summed E-state index contributed by atoms with van der Waals surface area (Å²) >= 11 is 0. The van der Waals surface area contributed by atoms with Crippen molar-refractivity contribution in [3.63, 3.8) is 0 Å². The third-order valence-corrected chi connectivity index (χ3v) is 4.40. The van der Waals surface area contributed by atoms with E-state index in [0.717, 1.165) is 37.0 Å². The maximum absolute atomic E-state index is 12.1. The van der Waals surface area contributed by atoms with Gasteiger partial charge in [0, 0.05) is 12.5 Å². The number of aryl methyl sites for hydroxylation is 1. The number of anilines is 1. The molecular weight excluding hydrogens is 288 g/mol. The topological polar surface area (TPSA) is 64.3 Å². The van der Waals surface area contributed by atoms with Gasteiger partial charge >= 0.3 is 0 Å². The number of ether oxygens (including phenoxy) is 1. The molecule has 0 saturated heterocycles. The Bertz CT molecular complexity index is 494. The normalized spacial score (nSPS) is 15.9. The lowest BCUT2D eigenvalue weighted by Crippen LogP contribution is -2.34. The number of nitrogens with two attached hydrogens (primary N) is 1. The monoisotopic (exact) mass is 318 g/mol. The van der Waals surface area contributed by atoms with Crippen molar-refractivity contribution in [2.75, 3.05) is 12.3 Å². The lowest BCUT2D eigenvalue weighted by molar-refractivity contribution is -0.121. The maximum atomic E-state index is 12.1. The molecule has 3 N–H and O–H groups in total. The molecule has 128 valence electrons. The maximum Gasteiger partial charge on any atom is 0.220 e. The number of hydrogen-bond acceptors (Lipinski definition) is 3. The summed E-state index contributed by atoms with van der Waals surface area (Å²) in [6.45, 7) is 2.74. The van der Waals surface area contributed by atoms with Gasteiger partial charge in [-0.2, -0.15) is 0 Å². The smallest absolute Gasteiger partial charge is 0.220 e. The molecule has 4 nitrogen and oxygen atoms in total. The molecule has 23 heavy (non-hydrogen) atoms. The molecule has 0 atom stereocenters. The third-order valence-electron chi connectivity index (χ3n) is 4.40. The summed E-state index contributed by atoms with van der Waals surface area (Å²) in [5, 5.41) is 3.19. The third kappa shape index (κ3) is 6.12. The number of benzene rings is 1. The van der Waals surface area contributed by atoms with Crippen molar-refractivity contribution < 1.29 is 9.53 Å². The van der Waals surface area contributed by atoms with Crippen LogP contribution in [0.3, 0.4) is 0 Å². The molecule has 2 rings (SSSR count). The minimum absolute atomic E-state index is 0.154. The fourth-order valence-electron chi connectivity index (χ4n) is 3.08. The van der Waals surface area contributed by atoms with Crippen molar-refractivity contribution in [2.45, 2.75) is 70.8 Å². The molecule has 0 radical (unpaired) electrons. The summed E-state index contributed by atoms with van der Waals surface area (Å²) in [5.74, 6) is 0.889. The van der Waals surface area contributed by atoms with Crippen LogP contribution in [0.15, 0.2) is 18.2 Å². The van der Waals surface area contributed by atoms with Gasteiger partial charge < -0.3 is 15.8 Å². The second kappa shape index (κ2) is 9.43. The summed E-state index contributed by atoms with van der Waals surface area (Å²) in [7, 11) is 0. The Balaban J connectivity index is 1.78. The van der Waals surface area contributed by atoms with Crippen molar-refractivity contribution in [2.24, 2.45) is 0 Å². The first-order chi connectivity index (χ1) is 11.2. The van der Waals surface area contributed by atoms with Gasteiger partial charge in [-0.25, -0.2) is 0 Å². The molecular formula is C19H30N2O2. The highest BCUT2D eigenvalue weighted by Gasteiger charge is 2.14. The first kappa shape index (κ1) is 17.6. The summed E-state index contributed by atoms with van der Waals surface area (Å²) in [4.78, 5) is 12.1. The largest absolute Gasteiger partial charge is 0.491 e. The Morgan fingerprint density at radius 1 is 1.26 bits per heavy atom. The summed E-state index contributed by atoms with van der Waals surface area (Å²) in [6.07, 6.45) is 9.53. The second-order valence-corrected chi connectivity index (χ2v) is 6.48. The van der Waals surface area contributed by atoms with Crippen LogP contribution in [-0.2, 0) is 11.2 Å². The predicted octanol–water partition coefficient (Wildman–Crippen LogP) is 3.83. The lowest BCUT2D eigenvalue weighted by atomic mass is 10.1. The molecule has 1 fully saturated rings. The second-order valence-electron chi connectivity index (χ2n) is 6.48. The fourth-order valence-corrected chi connectivity index (χ4v) is 3.08. The van der Waals surface area contributed by atoms with E-state index in [-0.39, 0.29) is 5.91 Å². The molecule has 0 bridgehead atoms. The van der Waals surface area contributed by atoms with Gasteiger partial charge in [0.2, 0.25) is 5.91 Å². The highest BCUT2D eigenvalue weighted by Crippen LogP contribution is 2.23. The Labute approximate surface area is 139 Å². The zero-order valence-electron chi connectivity index (χ0n) is 14.3. The summed E-state index contributed by atoms with van der Waals surface area (Å²) in [6, 6.07) is 6.20. The highest BCUT2D eigenvalue weighted by atomic mass is 16.5. The van der Waals surface area contributed by atoms with Crippen molar-refractivity contribution >= 4 is 11.6 Å². The Kier molecular flexibility index (Phi) is 7.24. The molecule has 1 saturated carbocycles. The molecule has 1 amide bonds. The number of hydrogen-bond donors (Lipinski definition) is 2. The van der Waals surface area contributed by atoms with Crippen LogP contribution in [0.2, 0.25) is 0 Å². The van der Waals surface area contributed by atoms with E-state index in [2.05, 4.69) is 12.2 Å². The quantitative estimate of drug-likeness (QED) is 0.593. The fraction of sp³-hybridized carbons (Fsp3) is 0.632. The molecule has 0 unspecified atom stereocenters. The van der Waals surface area contributed by atoms with Gasteiger partial charge in [-0.05, 0) is 43.4 Å². The molecule has 1 aliphatic rings. The van der Waals surface area contributed by atoms with Crippen LogP contribution in [0.25, 0.3) is 0 Å². The standard InChI is InChI=1S/C19H30N2O2/c1-2-13-23-18-11-9-15(14-17(18)20)10-12-19(22)21-16-7-5-3-4-6-8-16/h9,11,14,16H,2-8,10,12-13,20H2,1H3,(H,21,22). The molecule has 4 heteroatoms. The van der Waals surface area contributed by atoms with Crippen LogP contribution in [0.4, 0.5) is 5.69 Å². The van der Waals surface area contributed by atoms with Gasteiger partial charge in [-0.15, -0.1) is 0 Å². The van der Waals surface area contributed by atoms with Crippen molar-refractivity contribution in [1.29, 1.82) is 0 Å². The van der Waals surface area contributed by atoms with Gasteiger partial charge in [-0.1, -0.05) is 38.7 Å². The van der Waals surface area contributed by atoms with E-state index in [0.29, 0.717) is 24.8 Å². The molecule has 0 aliphatic heterocycles. The number of amides is 1. The van der Waals surface area contributed by atoms with Crippen LogP contribution >= 0.6 is 0 Å². The SMILES string of the molecule is CCCOc1ccc(CCC(=O)NC2CCCCCC2)cc1N. The number of nitrogen functional groups attached to an aromatic ring is 1. The van der Waals surface area contributed by atoms with Crippen LogP contribution < -0.4 is 15.8 Å². The van der Waals surface area contributed by atoms with Gasteiger partial charge in [0.15, 0.2) is 0 Å². The number of rotatable bonds is 7. The van der Waals surface area contributed by atoms with Crippen LogP contribution in [0, 0.1) is 0 Å². The first-order valence-corrected chi connectivity index (χ1v) is 8.99.